The third-order valence-corrected chi connectivity index (χ3v) is 4.47. The molecule has 0 aliphatic rings. The summed E-state index contributed by atoms with van der Waals surface area (Å²) < 4.78 is 1.24. The van der Waals surface area contributed by atoms with Crippen LogP contribution >= 0.6 is 11.3 Å². The van der Waals surface area contributed by atoms with Crippen LogP contribution in [0.1, 0.15) is 16.7 Å². The number of rotatable bonds is 4. The topological polar surface area (TPSA) is 24.9 Å². The minimum atomic E-state index is 0.920. The van der Waals surface area contributed by atoms with E-state index in [1.807, 2.05) is 0 Å². The highest BCUT2D eigenvalue weighted by Crippen LogP contribution is 2.26. The summed E-state index contributed by atoms with van der Waals surface area (Å²) in [5, 5.41) is 4.45. The lowest BCUT2D eigenvalue weighted by atomic mass is 10.1. The van der Waals surface area contributed by atoms with E-state index >= 15 is 0 Å². The highest BCUT2D eigenvalue weighted by molar-refractivity contribution is 7.22. The lowest BCUT2D eigenvalue weighted by Crippen LogP contribution is -2.05. The molecule has 0 aliphatic heterocycles. The van der Waals surface area contributed by atoms with Crippen LogP contribution in [0.15, 0.2) is 42.5 Å². The lowest BCUT2D eigenvalue weighted by Gasteiger charge is -2.05. The van der Waals surface area contributed by atoms with Crippen molar-refractivity contribution >= 4 is 26.7 Å². The molecule has 3 aromatic rings. The number of nitrogens with zero attached hydrogens (tertiary/aromatic N) is 1. The highest BCUT2D eigenvalue weighted by Gasteiger charge is 2.03. The van der Waals surface area contributed by atoms with Crippen LogP contribution in [0.25, 0.3) is 10.2 Å². The van der Waals surface area contributed by atoms with Gasteiger partial charge in [0.25, 0.3) is 0 Å². The molecule has 1 heterocycles. The minimum Gasteiger partial charge on any atom is -0.361 e. The van der Waals surface area contributed by atoms with Gasteiger partial charge in [0.1, 0.15) is 0 Å². The molecule has 0 saturated heterocycles. The summed E-state index contributed by atoms with van der Waals surface area (Å²) in [6, 6.07) is 15.0. The molecule has 20 heavy (non-hydrogen) atoms. The van der Waals surface area contributed by atoms with Gasteiger partial charge in [-0.15, -0.1) is 0 Å². The molecule has 0 atom stereocenters. The fourth-order valence-electron chi connectivity index (χ4n) is 2.31. The Bertz CT molecular complexity index is 731. The molecule has 0 bridgehead atoms. The minimum absolute atomic E-state index is 0.920. The van der Waals surface area contributed by atoms with E-state index in [1.54, 1.807) is 11.3 Å². The van der Waals surface area contributed by atoms with E-state index in [4.69, 9.17) is 0 Å². The van der Waals surface area contributed by atoms with Crippen molar-refractivity contribution in [3.63, 3.8) is 0 Å². The van der Waals surface area contributed by atoms with Crippen molar-refractivity contribution in [1.29, 1.82) is 0 Å². The first kappa shape index (κ1) is 13.1. The molecule has 1 aromatic heterocycles. The molecule has 0 aliphatic carbocycles. The van der Waals surface area contributed by atoms with Crippen LogP contribution in [0.3, 0.4) is 0 Å². The number of hydrogen-bond acceptors (Lipinski definition) is 3. The second-order valence-electron chi connectivity index (χ2n) is 5.09. The fraction of sp³-hybridized carbons (Fsp3) is 0.235. The highest BCUT2D eigenvalue weighted by atomic mass is 32.1. The summed E-state index contributed by atoms with van der Waals surface area (Å²) in [4.78, 5) is 4.63. The Hall–Kier alpha value is -1.87. The summed E-state index contributed by atoms with van der Waals surface area (Å²) >= 11 is 1.72. The quantitative estimate of drug-likeness (QED) is 0.758. The molecule has 102 valence electrons. The number of anilines is 1. The predicted octanol–water partition coefficient (Wildman–Crippen LogP) is 4.57. The van der Waals surface area contributed by atoms with Gasteiger partial charge in [0.15, 0.2) is 5.13 Å². The summed E-state index contributed by atoms with van der Waals surface area (Å²) in [5.74, 6) is 0. The summed E-state index contributed by atoms with van der Waals surface area (Å²) in [6.45, 7) is 5.18. The van der Waals surface area contributed by atoms with E-state index in [0.29, 0.717) is 0 Å². The molecule has 3 heteroatoms. The van der Waals surface area contributed by atoms with Crippen LogP contribution in [-0.2, 0) is 6.42 Å². The smallest absolute Gasteiger partial charge is 0.183 e. The van der Waals surface area contributed by atoms with Crippen LogP contribution in [0.4, 0.5) is 5.13 Å². The fourth-order valence-corrected chi connectivity index (χ4v) is 3.18. The maximum atomic E-state index is 4.63. The van der Waals surface area contributed by atoms with Gasteiger partial charge in [0.05, 0.1) is 10.2 Å². The molecule has 0 unspecified atom stereocenters. The van der Waals surface area contributed by atoms with Crippen molar-refractivity contribution in [2.24, 2.45) is 0 Å². The number of nitrogens with one attached hydrogen (secondary N) is 1. The van der Waals surface area contributed by atoms with Crippen LogP contribution in [0.2, 0.25) is 0 Å². The van der Waals surface area contributed by atoms with E-state index in [1.165, 1.54) is 21.4 Å². The van der Waals surface area contributed by atoms with E-state index < -0.39 is 0 Å². The number of aromatic nitrogens is 1. The number of aryl methyl sites for hydroxylation is 2. The largest absolute Gasteiger partial charge is 0.361 e. The zero-order valence-electron chi connectivity index (χ0n) is 11.8. The molecule has 0 fully saturated rings. The van der Waals surface area contributed by atoms with E-state index in [0.717, 1.165) is 23.6 Å². The van der Waals surface area contributed by atoms with E-state index in [9.17, 15) is 0 Å². The second-order valence-corrected chi connectivity index (χ2v) is 6.12. The molecule has 0 spiro atoms. The van der Waals surface area contributed by atoms with Crippen LogP contribution < -0.4 is 5.32 Å². The molecular weight excluding hydrogens is 264 g/mol. The Morgan fingerprint density at radius 3 is 2.80 bits per heavy atom. The maximum absolute atomic E-state index is 4.63. The zero-order chi connectivity index (χ0) is 13.9. The Morgan fingerprint density at radius 1 is 1.10 bits per heavy atom. The van der Waals surface area contributed by atoms with Gasteiger partial charge in [0.2, 0.25) is 0 Å². The molecule has 3 rings (SSSR count). The first-order chi connectivity index (χ1) is 9.72. The Balaban J connectivity index is 1.67. The van der Waals surface area contributed by atoms with E-state index in [2.05, 4.69) is 66.6 Å². The molecule has 2 aromatic carbocycles. The van der Waals surface area contributed by atoms with Crippen molar-refractivity contribution in [1.82, 2.24) is 4.98 Å². The average Bonchev–Trinajstić information content (AvgIpc) is 2.83. The average molecular weight is 282 g/mol. The van der Waals surface area contributed by atoms with Gasteiger partial charge in [-0.2, -0.15) is 0 Å². The normalized spacial score (nSPS) is 10.9. The second kappa shape index (κ2) is 5.63. The monoisotopic (exact) mass is 282 g/mol. The van der Waals surface area contributed by atoms with Crippen molar-refractivity contribution < 1.29 is 0 Å². The Morgan fingerprint density at radius 2 is 1.95 bits per heavy atom. The summed E-state index contributed by atoms with van der Waals surface area (Å²) in [5.41, 5.74) is 5.11. The predicted molar refractivity (Wildman–Crippen MR) is 87.7 cm³/mol. The first-order valence-electron chi connectivity index (χ1n) is 6.88. The molecule has 0 radical (unpaired) electrons. The van der Waals surface area contributed by atoms with E-state index in [-0.39, 0.29) is 0 Å². The van der Waals surface area contributed by atoms with Crippen molar-refractivity contribution in [3.05, 3.63) is 59.2 Å². The molecular formula is C17H18N2S. The third kappa shape index (κ3) is 2.83. The third-order valence-electron chi connectivity index (χ3n) is 3.47. The SMILES string of the molecule is Cc1ccc2sc(NCCc3ccccc3C)nc2c1. The van der Waals surface area contributed by atoms with Crippen LogP contribution in [0, 0.1) is 13.8 Å². The van der Waals surface area contributed by atoms with Gasteiger partial charge in [-0.3, -0.25) is 0 Å². The maximum Gasteiger partial charge on any atom is 0.183 e. The summed E-state index contributed by atoms with van der Waals surface area (Å²) in [7, 11) is 0. The van der Waals surface area contributed by atoms with Gasteiger partial charge in [-0.05, 0) is 49.1 Å². The van der Waals surface area contributed by atoms with Crippen LogP contribution in [0.5, 0.6) is 0 Å². The van der Waals surface area contributed by atoms with Gasteiger partial charge in [-0.25, -0.2) is 4.98 Å². The van der Waals surface area contributed by atoms with Gasteiger partial charge in [-0.1, -0.05) is 41.7 Å². The lowest BCUT2D eigenvalue weighted by molar-refractivity contribution is 1.00. The number of fused-ring (bicyclic) bond motifs is 1. The molecule has 0 saturated carbocycles. The van der Waals surface area contributed by atoms with Crippen molar-refractivity contribution in [3.8, 4) is 0 Å². The van der Waals surface area contributed by atoms with Crippen LogP contribution in [-0.4, -0.2) is 11.5 Å². The number of hydrogen-bond donors (Lipinski definition) is 1. The first-order valence-corrected chi connectivity index (χ1v) is 7.69. The Labute approximate surface area is 123 Å². The molecule has 2 nitrogen and oxygen atoms in total. The standard InChI is InChI=1S/C17H18N2S/c1-12-7-8-16-15(11-12)19-17(20-16)18-10-9-14-6-4-3-5-13(14)2/h3-8,11H,9-10H2,1-2H3,(H,18,19). The molecule has 0 amide bonds. The van der Waals surface area contributed by atoms with Gasteiger partial charge < -0.3 is 5.32 Å². The molecule has 1 N–H and O–H groups in total. The Kier molecular flexibility index (Phi) is 3.70. The number of benzene rings is 2. The zero-order valence-corrected chi connectivity index (χ0v) is 12.6. The number of thiazole rings is 1. The van der Waals surface area contributed by atoms with Gasteiger partial charge >= 0.3 is 0 Å². The summed E-state index contributed by atoms with van der Waals surface area (Å²) in [6.07, 6.45) is 1.03. The van der Waals surface area contributed by atoms with Crippen molar-refractivity contribution in [2.45, 2.75) is 20.3 Å². The van der Waals surface area contributed by atoms with Gasteiger partial charge in [0, 0.05) is 6.54 Å². The van der Waals surface area contributed by atoms with Crippen molar-refractivity contribution in [2.75, 3.05) is 11.9 Å².